The largest absolute Gasteiger partial charge is 0.272 e. The van der Waals surface area contributed by atoms with E-state index in [1.807, 2.05) is 36.5 Å². The highest BCUT2D eigenvalue weighted by Crippen LogP contribution is 2.14. The van der Waals surface area contributed by atoms with E-state index in [-0.39, 0.29) is 5.91 Å². The number of allylic oxidation sites excluding steroid dienone is 1. The van der Waals surface area contributed by atoms with Crippen LogP contribution < -0.4 is 5.43 Å². The number of nitrogens with zero attached hydrogens (tertiary/aromatic N) is 4. The molecule has 1 amide bonds. The number of nitrogens with one attached hydrogen (secondary N) is 1. The molecule has 0 bridgehead atoms. The van der Waals surface area contributed by atoms with E-state index >= 15 is 0 Å². The van der Waals surface area contributed by atoms with Crippen molar-refractivity contribution in [1.82, 2.24) is 20.4 Å². The van der Waals surface area contributed by atoms with E-state index in [2.05, 4.69) is 20.8 Å². The zero-order valence-corrected chi connectivity index (χ0v) is 14.5. The number of hydrogen-bond donors (Lipinski definition) is 1. The molecule has 1 aromatic heterocycles. The molecule has 130 valence electrons. The maximum Gasteiger partial charge on any atom is 0.272 e. The van der Waals surface area contributed by atoms with Gasteiger partial charge >= 0.3 is 0 Å². The minimum Gasteiger partial charge on any atom is -0.267 e. The molecule has 0 saturated heterocycles. The summed E-state index contributed by atoms with van der Waals surface area (Å²) in [5.41, 5.74) is 4.64. The highest BCUT2D eigenvalue weighted by Gasteiger charge is 2.07. The van der Waals surface area contributed by atoms with Gasteiger partial charge in [0.2, 0.25) is 0 Å². The Bertz CT molecular complexity index is 934. The van der Waals surface area contributed by atoms with Crippen LogP contribution in [0.5, 0.6) is 0 Å². The molecule has 1 heterocycles. The molecule has 3 aromatic rings. The van der Waals surface area contributed by atoms with Crippen LogP contribution in [0.15, 0.2) is 72.0 Å². The number of halogens is 1. The number of hydrogen-bond acceptors (Lipinski definition) is 4. The zero-order chi connectivity index (χ0) is 18.2. The number of hydrazone groups is 1. The SMILES string of the molecule is O=C(N/N=C\C=C\c1cn(Cc2ccccc2)nn1)c1ccccc1Cl. The van der Waals surface area contributed by atoms with Crippen LogP contribution in [0.25, 0.3) is 6.08 Å². The minimum atomic E-state index is -0.367. The first-order chi connectivity index (χ1) is 12.7. The highest BCUT2D eigenvalue weighted by atomic mass is 35.5. The van der Waals surface area contributed by atoms with Crippen LogP contribution in [-0.4, -0.2) is 27.1 Å². The highest BCUT2D eigenvalue weighted by molar-refractivity contribution is 6.33. The molecule has 0 radical (unpaired) electrons. The molecule has 0 saturated carbocycles. The quantitative estimate of drug-likeness (QED) is 0.537. The fourth-order valence-electron chi connectivity index (χ4n) is 2.22. The second-order valence-corrected chi connectivity index (χ2v) is 5.79. The van der Waals surface area contributed by atoms with Crippen LogP contribution in [0.1, 0.15) is 21.6 Å². The van der Waals surface area contributed by atoms with E-state index in [4.69, 9.17) is 11.6 Å². The molecule has 6 nitrogen and oxygen atoms in total. The molecule has 0 atom stereocenters. The average molecular weight is 366 g/mol. The Morgan fingerprint density at radius 1 is 1.15 bits per heavy atom. The van der Waals surface area contributed by atoms with Gasteiger partial charge in [-0.2, -0.15) is 5.10 Å². The summed E-state index contributed by atoms with van der Waals surface area (Å²) in [6, 6.07) is 16.8. The molecule has 0 fully saturated rings. The maximum absolute atomic E-state index is 11.9. The van der Waals surface area contributed by atoms with E-state index < -0.39 is 0 Å². The molecule has 0 aliphatic carbocycles. The maximum atomic E-state index is 11.9. The summed E-state index contributed by atoms with van der Waals surface area (Å²) < 4.78 is 1.76. The van der Waals surface area contributed by atoms with Gasteiger partial charge in [-0.15, -0.1) is 5.10 Å². The Morgan fingerprint density at radius 3 is 2.73 bits per heavy atom. The Hall–Kier alpha value is -3.25. The van der Waals surface area contributed by atoms with E-state index in [1.165, 1.54) is 6.21 Å². The van der Waals surface area contributed by atoms with Gasteiger partial charge in [0.15, 0.2) is 0 Å². The van der Waals surface area contributed by atoms with Crippen LogP contribution in [-0.2, 0) is 6.54 Å². The topological polar surface area (TPSA) is 72.2 Å². The third-order valence-electron chi connectivity index (χ3n) is 3.46. The van der Waals surface area contributed by atoms with Gasteiger partial charge in [-0.25, -0.2) is 10.1 Å². The molecule has 0 spiro atoms. The molecule has 26 heavy (non-hydrogen) atoms. The van der Waals surface area contributed by atoms with E-state index in [1.54, 1.807) is 41.1 Å². The lowest BCUT2D eigenvalue weighted by molar-refractivity contribution is 0.0955. The zero-order valence-electron chi connectivity index (χ0n) is 13.8. The molecule has 2 aromatic carbocycles. The third kappa shape index (κ3) is 4.87. The fourth-order valence-corrected chi connectivity index (χ4v) is 2.45. The Kier molecular flexibility index (Phi) is 5.90. The van der Waals surface area contributed by atoms with Crippen molar-refractivity contribution in [3.05, 3.63) is 88.7 Å². The summed E-state index contributed by atoms with van der Waals surface area (Å²) >= 11 is 5.96. The van der Waals surface area contributed by atoms with Gasteiger partial charge < -0.3 is 0 Å². The van der Waals surface area contributed by atoms with Gasteiger partial charge in [0.25, 0.3) is 5.91 Å². The second-order valence-electron chi connectivity index (χ2n) is 5.38. The Morgan fingerprint density at radius 2 is 1.92 bits per heavy atom. The summed E-state index contributed by atoms with van der Waals surface area (Å²) in [5, 5.41) is 12.4. The molecular formula is C19H16ClN5O. The monoisotopic (exact) mass is 365 g/mol. The van der Waals surface area contributed by atoms with Gasteiger partial charge in [-0.1, -0.05) is 59.3 Å². The summed E-state index contributed by atoms with van der Waals surface area (Å²) in [6.45, 7) is 0.656. The lowest BCUT2D eigenvalue weighted by Crippen LogP contribution is -2.17. The van der Waals surface area contributed by atoms with Gasteiger partial charge in [-0.05, 0) is 29.8 Å². The minimum absolute atomic E-state index is 0.367. The number of carbonyl (C=O) groups excluding carboxylic acids is 1. The summed E-state index contributed by atoms with van der Waals surface area (Å²) in [7, 11) is 0. The predicted molar refractivity (Wildman–Crippen MR) is 102 cm³/mol. The van der Waals surface area contributed by atoms with Gasteiger partial charge in [0.1, 0.15) is 5.69 Å². The van der Waals surface area contributed by atoms with Crippen LogP contribution >= 0.6 is 11.6 Å². The molecule has 0 unspecified atom stereocenters. The van der Waals surface area contributed by atoms with E-state index in [0.29, 0.717) is 22.8 Å². The summed E-state index contributed by atoms with van der Waals surface area (Å²) in [6.07, 6.45) is 6.72. The number of amides is 1. The fraction of sp³-hybridized carbons (Fsp3) is 0.0526. The van der Waals surface area contributed by atoms with E-state index in [0.717, 1.165) is 5.56 Å². The number of rotatable bonds is 6. The van der Waals surface area contributed by atoms with Gasteiger partial charge in [-0.3, -0.25) is 4.79 Å². The molecular weight excluding hydrogens is 350 g/mol. The number of carbonyl (C=O) groups is 1. The molecule has 7 heteroatoms. The van der Waals surface area contributed by atoms with Crippen LogP contribution in [0.2, 0.25) is 5.02 Å². The first-order valence-corrected chi connectivity index (χ1v) is 8.29. The van der Waals surface area contributed by atoms with Crippen LogP contribution in [0, 0.1) is 0 Å². The van der Waals surface area contributed by atoms with Gasteiger partial charge in [0.05, 0.1) is 23.3 Å². The van der Waals surface area contributed by atoms with Crippen molar-refractivity contribution < 1.29 is 4.79 Å². The first kappa shape index (κ1) is 17.6. The third-order valence-corrected chi connectivity index (χ3v) is 3.79. The van der Waals surface area contributed by atoms with E-state index in [9.17, 15) is 4.79 Å². The number of aromatic nitrogens is 3. The predicted octanol–water partition coefficient (Wildman–Crippen LogP) is 3.41. The average Bonchev–Trinajstić information content (AvgIpc) is 3.10. The van der Waals surface area contributed by atoms with Crippen LogP contribution in [0.4, 0.5) is 0 Å². The van der Waals surface area contributed by atoms with Crippen LogP contribution in [0.3, 0.4) is 0 Å². The summed E-state index contributed by atoms with van der Waals surface area (Å²) in [5.74, 6) is -0.367. The second kappa shape index (κ2) is 8.73. The smallest absolute Gasteiger partial charge is 0.267 e. The van der Waals surface area contributed by atoms with Crippen molar-refractivity contribution in [3.8, 4) is 0 Å². The first-order valence-electron chi connectivity index (χ1n) is 7.91. The lowest BCUT2D eigenvalue weighted by atomic mass is 10.2. The van der Waals surface area contributed by atoms with Crippen molar-refractivity contribution >= 4 is 29.8 Å². The lowest BCUT2D eigenvalue weighted by Gasteiger charge is -2.00. The van der Waals surface area contributed by atoms with Crippen molar-refractivity contribution in [2.75, 3.05) is 0 Å². The summed E-state index contributed by atoms with van der Waals surface area (Å²) in [4.78, 5) is 11.9. The molecule has 1 N–H and O–H groups in total. The number of benzene rings is 2. The molecule has 0 aliphatic rings. The standard InChI is InChI=1S/C19H16ClN5O/c20-18-11-5-4-10-17(18)19(26)23-21-12-6-9-16-14-25(24-22-16)13-15-7-2-1-3-8-15/h1-12,14H,13H2,(H,23,26)/b9-6+,21-12-. The van der Waals surface area contributed by atoms with Crippen molar-refractivity contribution in [3.63, 3.8) is 0 Å². The molecule has 3 rings (SSSR count). The Labute approximate surface area is 155 Å². The Balaban J connectivity index is 1.52. The normalized spacial score (nSPS) is 11.3. The van der Waals surface area contributed by atoms with Gasteiger partial charge in [0, 0.05) is 6.21 Å². The molecule has 0 aliphatic heterocycles. The van der Waals surface area contributed by atoms with Crippen molar-refractivity contribution in [2.45, 2.75) is 6.54 Å². The van der Waals surface area contributed by atoms with Crippen molar-refractivity contribution in [2.24, 2.45) is 5.10 Å². The van der Waals surface area contributed by atoms with Crippen molar-refractivity contribution in [1.29, 1.82) is 0 Å².